The molecule has 0 spiro atoms. The highest BCUT2D eigenvalue weighted by molar-refractivity contribution is 5.93. The van der Waals surface area contributed by atoms with Gasteiger partial charge in [0, 0.05) is 25.0 Å². The van der Waals surface area contributed by atoms with Crippen LogP contribution in [0.1, 0.15) is 35.4 Å². The molecular weight excluding hydrogens is 282 g/mol. The number of hydrogen-bond acceptors (Lipinski definition) is 4. The second kappa shape index (κ2) is 5.70. The number of carbonyl (C=O) groups excluding carboxylic acids is 1. The number of likely N-dealkylation sites (tertiary alicyclic amines) is 1. The molecule has 0 aromatic carbocycles. The van der Waals surface area contributed by atoms with Crippen LogP contribution in [0.15, 0.2) is 24.4 Å². The number of carbonyl (C=O) groups is 1. The average molecular weight is 303 g/mol. The molecule has 0 saturated carbocycles. The monoisotopic (exact) mass is 303 g/mol. The van der Waals surface area contributed by atoms with E-state index in [4.69, 9.17) is 0 Å². The smallest absolute Gasteiger partial charge is 0.274 e. The Bertz CT molecular complexity index is 697. The summed E-state index contributed by atoms with van der Waals surface area (Å²) >= 11 is 0. The summed E-state index contributed by atoms with van der Waals surface area (Å²) in [5.41, 5.74) is 1.13. The van der Waals surface area contributed by atoms with Gasteiger partial charge in [-0.2, -0.15) is 0 Å². The lowest BCUT2D eigenvalue weighted by molar-refractivity contribution is -0.0250. The van der Waals surface area contributed by atoms with Crippen LogP contribution in [0.2, 0.25) is 0 Å². The molecule has 1 amide bonds. The van der Waals surface area contributed by atoms with Crippen LogP contribution in [0.3, 0.4) is 0 Å². The van der Waals surface area contributed by atoms with Crippen molar-refractivity contribution < 1.29 is 15.0 Å². The second-order valence-corrected chi connectivity index (χ2v) is 6.05. The van der Waals surface area contributed by atoms with Crippen LogP contribution >= 0.6 is 0 Å². The van der Waals surface area contributed by atoms with Crippen molar-refractivity contribution in [2.24, 2.45) is 0 Å². The maximum absolute atomic E-state index is 12.6. The van der Waals surface area contributed by atoms with Gasteiger partial charge in [-0.15, -0.1) is 0 Å². The maximum Gasteiger partial charge on any atom is 0.274 e. The van der Waals surface area contributed by atoms with Crippen molar-refractivity contribution >= 4 is 11.6 Å². The van der Waals surface area contributed by atoms with E-state index in [1.165, 1.54) is 0 Å². The minimum absolute atomic E-state index is 0.120. The van der Waals surface area contributed by atoms with Gasteiger partial charge in [-0.05, 0) is 38.3 Å². The fraction of sp³-hybridized carbons (Fsp3) is 0.500. The standard InChI is InChI=1S/C16H21N3O3/c1-12-4-2-5-14-17-13(10-19(12)14)15(21)18-8-3-6-16(22,11-20)7-9-18/h2,4-5,10,20,22H,3,6-9,11H2,1H3/t16-/m0/s1. The molecule has 6 nitrogen and oxygen atoms in total. The van der Waals surface area contributed by atoms with Crippen LogP contribution in [0, 0.1) is 6.92 Å². The third-order valence-electron chi connectivity index (χ3n) is 4.41. The Labute approximate surface area is 129 Å². The molecule has 1 atom stereocenters. The van der Waals surface area contributed by atoms with Crippen molar-refractivity contribution in [1.82, 2.24) is 14.3 Å². The van der Waals surface area contributed by atoms with E-state index in [0.29, 0.717) is 38.0 Å². The van der Waals surface area contributed by atoms with E-state index in [0.717, 1.165) is 11.3 Å². The number of aliphatic hydroxyl groups excluding tert-OH is 1. The van der Waals surface area contributed by atoms with Crippen LogP contribution in [-0.4, -0.2) is 55.7 Å². The highest BCUT2D eigenvalue weighted by Crippen LogP contribution is 2.22. The number of fused-ring (bicyclic) bond motifs is 1. The first-order valence-electron chi connectivity index (χ1n) is 7.60. The molecule has 118 valence electrons. The number of amides is 1. The molecule has 1 fully saturated rings. The predicted octanol–water partition coefficient (Wildman–Crippen LogP) is 0.992. The Kier molecular flexibility index (Phi) is 3.88. The fourth-order valence-corrected chi connectivity index (χ4v) is 2.95. The van der Waals surface area contributed by atoms with Crippen LogP contribution in [0.5, 0.6) is 0 Å². The Morgan fingerprint density at radius 3 is 2.91 bits per heavy atom. The molecule has 0 radical (unpaired) electrons. The van der Waals surface area contributed by atoms with Gasteiger partial charge in [0.25, 0.3) is 5.91 Å². The van der Waals surface area contributed by atoms with Gasteiger partial charge >= 0.3 is 0 Å². The molecule has 0 bridgehead atoms. The Balaban J connectivity index is 1.82. The summed E-state index contributed by atoms with van der Waals surface area (Å²) in [6, 6.07) is 5.76. The minimum Gasteiger partial charge on any atom is -0.393 e. The molecule has 6 heteroatoms. The summed E-state index contributed by atoms with van der Waals surface area (Å²) in [5.74, 6) is -0.120. The molecule has 1 saturated heterocycles. The van der Waals surface area contributed by atoms with Gasteiger partial charge in [-0.3, -0.25) is 4.79 Å². The number of rotatable bonds is 2. The van der Waals surface area contributed by atoms with E-state index in [1.807, 2.05) is 29.5 Å². The van der Waals surface area contributed by atoms with Gasteiger partial charge in [0.15, 0.2) is 0 Å². The first-order chi connectivity index (χ1) is 10.5. The zero-order valence-electron chi connectivity index (χ0n) is 12.7. The fourth-order valence-electron chi connectivity index (χ4n) is 2.95. The van der Waals surface area contributed by atoms with Crippen molar-refractivity contribution in [2.45, 2.75) is 31.8 Å². The Hall–Kier alpha value is -1.92. The van der Waals surface area contributed by atoms with Crippen molar-refractivity contribution in [2.75, 3.05) is 19.7 Å². The lowest BCUT2D eigenvalue weighted by Gasteiger charge is -2.24. The number of aliphatic hydroxyl groups is 2. The first kappa shape index (κ1) is 15.0. The van der Waals surface area contributed by atoms with Crippen molar-refractivity contribution in [3.8, 4) is 0 Å². The zero-order valence-corrected chi connectivity index (χ0v) is 12.7. The summed E-state index contributed by atoms with van der Waals surface area (Å²) in [4.78, 5) is 18.7. The van der Waals surface area contributed by atoms with Gasteiger partial charge in [-0.25, -0.2) is 4.98 Å². The molecule has 0 unspecified atom stereocenters. The van der Waals surface area contributed by atoms with Gasteiger partial charge in [0.2, 0.25) is 0 Å². The summed E-state index contributed by atoms with van der Waals surface area (Å²) in [7, 11) is 0. The number of pyridine rings is 1. The van der Waals surface area contributed by atoms with Crippen LogP contribution in [0.4, 0.5) is 0 Å². The highest BCUT2D eigenvalue weighted by Gasteiger charge is 2.31. The topological polar surface area (TPSA) is 78.1 Å². The van der Waals surface area contributed by atoms with E-state index in [2.05, 4.69) is 4.98 Å². The normalized spacial score (nSPS) is 22.8. The Morgan fingerprint density at radius 1 is 1.36 bits per heavy atom. The molecule has 2 aromatic heterocycles. The van der Waals surface area contributed by atoms with Crippen LogP contribution < -0.4 is 0 Å². The predicted molar refractivity (Wildman–Crippen MR) is 81.7 cm³/mol. The number of imidazole rings is 1. The van der Waals surface area contributed by atoms with Crippen LogP contribution in [-0.2, 0) is 0 Å². The zero-order chi connectivity index (χ0) is 15.7. The van der Waals surface area contributed by atoms with Gasteiger partial charge in [0.05, 0.1) is 12.2 Å². The molecule has 3 heterocycles. The molecule has 1 aliphatic heterocycles. The molecule has 3 rings (SSSR count). The minimum atomic E-state index is -1.06. The largest absolute Gasteiger partial charge is 0.393 e. The molecule has 1 aliphatic rings. The van der Waals surface area contributed by atoms with E-state index in [9.17, 15) is 15.0 Å². The van der Waals surface area contributed by atoms with Crippen LogP contribution in [0.25, 0.3) is 5.65 Å². The van der Waals surface area contributed by atoms with E-state index >= 15 is 0 Å². The highest BCUT2D eigenvalue weighted by atomic mass is 16.3. The quantitative estimate of drug-likeness (QED) is 0.867. The van der Waals surface area contributed by atoms with Gasteiger partial charge < -0.3 is 19.5 Å². The number of aromatic nitrogens is 2. The van der Waals surface area contributed by atoms with Crippen molar-refractivity contribution in [3.63, 3.8) is 0 Å². The Morgan fingerprint density at radius 2 is 2.18 bits per heavy atom. The SMILES string of the molecule is Cc1cccc2nc(C(=O)N3CCC[C@@](O)(CO)CC3)cn12. The van der Waals surface area contributed by atoms with E-state index in [-0.39, 0.29) is 12.5 Å². The number of nitrogens with zero attached hydrogens (tertiary/aromatic N) is 3. The van der Waals surface area contributed by atoms with E-state index in [1.54, 1.807) is 11.1 Å². The molecular formula is C16H21N3O3. The van der Waals surface area contributed by atoms with Crippen molar-refractivity contribution in [3.05, 3.63) is 35.8 Å². The first-order valence-corrected chi connectivity index (χ1v) is 7.60. The average Bonchev–Trinajstić information content (AvgIpc) is 2.86. The van der Waals surface area contributed by atoms with Crippen molar-refractivity contribution in [1.29, 1.82) is 0 Å². The van der Waals surface area contributed by atoms with Gasteiger partial charge in [-0.1, -0.05) is 6.07 Å². The summed E-state index contributed by atoms with van der Waals surface area (Å²) in [5, 5.41) is 19.4. The van der Waals surface area contributed by atoms with Gasteiger partial charge in [0.1, 0.15) is 11.3 Å². The molecule has 22 heavy (non-hydrogen) atoms. The summed E-state index contributed by atoms with van der Waals surface area (Å²) in [6.07, 6.45) is 3.34. The second-order valence-electron chi connectivity index (χ2n) is 6.05. The molecule has 2 N–H and O–H groups in total. The number of aryl methyl sites for hydroxylation is 1. The maximum atomic E-state index is 12.6. The molecule has 0 aliphatic carbocycles. The number of hydrogen-bond donors (Lipinski definition) is 2. The van der Waals surface area contributed by atoms with E-state index < -0.39 is 5.60 Å². The summed E-state index contributed by atoms with van der Waals surface area (Å²) < 4.78 is 1.90. The lowest BCUT2D eigenvalue weighted by atomic mass is 9.96. The third kappa shape index (κ3) is 2.71. The third-order valence-corrected chi connectivity index (χ3v) is 4.41. The molecule has 2 aromatic rings. The summed E-state index contributed by atoms with van der Waals surface area (Å²) in [6.45, 7) is 2.72. The lowest BCUT2D eigenvalue weighted by Crippen LogP contribution is -2.36.